The number of hydrogen-bond acceptors (Lipinski definition) is 3. The van der Waals surface area contributed by atoms with Crippen molar-refractivity contribution in [2.75, 3.05) is 7.05 Å². The Morgan fingerprint density at radius 2 is 2.06 bits per heavy atom. The average Bonchev–Trinajstić information content (AvgIpc) is 2.75. The van der Waals surface area contributed by atoms with E-state index in [9.17, 15) is 0 Å². The molecule has 0 amide bonds. The molecule has 1 aromatic carbocycles. The van der Waals surface area contributed by atoms with Gasteiger partial charge in [0.25, 0.3) is 0 Å². The molecular weight excluding hydrogens is 314 g/mol. The fourth-order valence-electron chi connectivity index (χ4n) is 1.49. The van der Waals surface area contributed by atoms with E-state index in [0.29, 0.717) is 0 Å². The van der Waals surface area contributed by atoms with Crippen LogP contribution in [0.5, 0.6) is 0 Å². The van der Waals surface area contributed by atoms with Gasteiger partial charge in [-0.25, -0.2) is 0 Å². The van der Waals surface area contributed by atoms with Gasteiger partial charge < -0.3 is 5.32 Å². The van der Waals surface area contributed by atoms with Gasteiger partial charge >= 0.3 is 0 Å². The molecule has 0 aliphatic rings. The first-order valence-electron chi connectivity index (χ1n) is 5.37. The summed E-state index contributed by atoms with van der Waals surface area (Å²) in [5.41, 5.74) is 1.33. The summed E-state index contributed by atoms with van der Waals surface area (Å²) in [5.74, 6) is 1.04. The van der Waals surface area contributed by atoms with Gasteiger partial charge in [0.2, 0.25) is 0 Å². The highest BCUT2D eigenvalue weighted by Gasteiger charge is 2.00. The summed E-state index contributed by atoms with van der Waals surface area (Å²) in [6, 6.07) is 10.9. The van der Waals surface area contributed by atoms with Gasteiger partial charge in [-0.05, 0) is 46.7 Å². The molecule has 1 N–H and O–H groups in total. The minimum absolute atomic E-state index is 0.933. The van der Waals surface area contributed by atoms with Crippen LogP contribution in [0.1, 0.15) is 10.4 Å². The smallest absolute Gasteiger partial charge is 0.0326 e. The van der Waals surface area contributed by atoms with Gasteiger partial charge in [-0.2, -0.15) is 0 Å². The fraction of sp³-hybridized carbons (Fsp3) is 0.231. The van der Waals surface area contributed by atoms with Crippen molar-refractivity contribution in [1.29, 1.82) is 0 Å². The van der Waals surface area contributed by atoms with Gasteiger partial charge in [-0.15, -0.1) is 23.1 Å². The van der Waals surface area contributed by atoms with Gasteiger partial charge in [0, 0.05) is 31.9 Å². The Bertz CT molecular complexity index is 465. The molecule has 2 aromatic rings. The third kappa shape index (κ3) is 4.14. The van der Waals surface area contributed by atoms with Gasteiger partial charge in [0.05, 0.1) is 0 Å². The predicted molar refractivity (Wildman–Crippen MR) is 80.8 cm³/mol. The van der Waals surface area contributed by atoms with E-state index >= 15 is 0 Å². The summed E-state index contributed by atoms with van der Waals surface area (Å²) in [6.45, 7) is 0.933. The molecule has 0 radical (unpaired) electrons. The Hall–Kier alpha value is -0.290. The molecular formula is C13H14BrNS2. The Kier molecular flexibility index (Phi) is 5.10. The van der Waals surface area contributed by atoms with E-state index in [-0.39, 0.29) is 0 Å². The van der Waals surface area contributed by atoms with Crippen molar-refractivity contribution >= 4 is 39.0 Å². The van der Waals surface area contributed by atoms with Crippen LogP contribution in [0.15, 0.2) is 45.1 Å². The topological polar surface area (TPSA) is 12.0 Å². The van der Waals surface area contributed by atoms with Crippen molar-refractivity contribution in [3.05, 3.63) is 50.6 Å². The SMILES string of the molecule is CNCc1ccc(SCc2cc(Br)cs2)cc1. The minimum atomic E-state index is 0.933. The summed E-state index contributed by atoms with van der Waals surface area (Å²) in [7, 11) is 1.97. The molecule has 0 aliphatic heterocycles. The third-order valence-electron chi connectivity index (χ3n) is 2.31. The number of nitrogens with one attached hydrogen (secondary N) is 1. The number of rotatable bonds is 5. The van der Waals surface area contributed by atoms with Crippen LogP contribution < -0.4 is 5.32 Å². The van der Waals surface area contributed by atoms with Gasteiger partial charge in [0.1, 0.15) is 0 Å². The van der Waals surface area contributed by atoms with E-state index in [1.807, 2.05) is 18.8 Å². The van der Waals surface area contributed by atoms with E-state index in [0.717, 1.165) is 12.3 Å². The van der Waals surface area contributed by atoms with Crippen LogP contribution in [-0.2, 0) is 12.3 Å². The maximum atomic E-state index is 3.48. The van der Waals surface area contributed by atoms with Crippen molar-refractivity contribution in [2.24, 2.45) is 0 Å². The zero-order chi connectivity index (χ0) is 12.1. The zero-order valence-corrected chi connectivity index (χ0v) is 12.8. The first-order valence-corrected chi connectivity index (χ1v) is 8.03. The molecule has 0 saturated carbocycles. The molecule has 90 valence electrons. The molecule has 17 heavy (non-hydrogen) atoms. The molecule has 1 aromatic heterocycles. The lowest BCUT2D eigenvalue weighted by molar-refractivity contribution is 0.817. The first kappa shape index (κ1) is 13.1. The highest BCUT2D eigenvalue weighted by atomic mass is 79.9. The van der Waals surface area contributed by atoms with Crippen LogP contribution in [-0.4, -0.2) is 7.05 Å². The Morgan fingerprint density at radius 3 is 2.65 bits per heavy atom. The van der Waals surface area contributed by atoms with Crippen LogP contribution in [0.4, 0.5) is 0 Å². The van der Waals surface area contributed by atoms with Crippen molar-refractivity contribution in [3.63, 3.8) is 0 Å². The second-order valence-electron chi connectivity index (χ2n) is 3.69. The Balaban J connectivity index is 1.90. The molecule has 0 saturated heterocycles. The van der Waals surface area contributed by atoms with E-state index in [1.165, 1.54) is 19.8 Å². The van der Waals surface area contributed by atoms with E-state index in [1.54, 1.807) is 11.3 Å². The summed E-state index contributed by atoms with van der Waals surface area (Å²) in [4.78, 5) is 2.73. The quantitative estimate of drug-likeness (QED) is 0.810. The van der Waals surface area contributed by atoms with Crippen LogP contribution >= 0.6 is 39.0 Å². The lowest BCUT2D eigenvalue weighted by Crippen LogP contribution is -2.04. The maximum Gasteiger partial charge on any atom is 0.0326 e. The van der Waals surface area contributed by atoms with E-state index < -0.39 is 0 Å². The monoisotopic (exact) mass is 327 g/mol. The van der Waals surface area contributed by atoms with Crippen LogP contribution in [0.2, 0.25) is 0 Å². The number of thiophene rings is 1. The third-order valence-corrected chi connectivity index (χ3v) is 5.25. The second-order valence-corrected chi connectivity index (χ2v) is 6.65. The lowest BCUT2D eigenvalue weighted by atomic mass is 10.2. The summed E-state index contributed by atoms with van der Waals surface area (Å²) in [6.07, 6.45) is 0. The number of thioether (sulfide) groups is 1. The van der Waals surface area contributed by atoms with Crippen molar-refractivity contribution in [3.8, 4) is 0 Å². The fourth-order valence-corrected chi connectivity index (χ4v) is 3.90. The minimum Gasteiger partial charge on any atom is -0.316 e. The molecule has 0 spiro atoms. The summed E-state index contributed by atoms with van der Waals surface area (Å²) in [5, 5.41) is 5.28. The number of benzene rings is 1. The van der Waals surface area contributed by atoms with Crippen LogP contribution in [0.3, 0.4) is 0 Å². The maximum absolute atomic E-state index is 3.48. The number of hydrogen-bond donors (Lipinski definition) is 1. The van der Waals surface area contributed by atoms with Crippen molar-refractivity contribution < 1.29 is 0 Å². The average molecular weight is 328 g/mol. The molecule has 1 nitrogen and oxygen atoms in total. The van der Waals surface area contributed by atoms with E-state index in [4.69, 9.17) is 0 Å². The first-order chi connectivity index (χ1) is 8.28. The molecule has 0 bridgehead atoms. The van der Waals surface area contributed by atoms with Gasteiger partial charge in [-0.1, -0.05) is 12.1 Å². The van der Waals surface area contributed by atoms with Gasteiger partial charge in [0.15, 0.2) is 0 Å². The zero-order valence-electron chi connectivity index (χ0n) is 9.57. The number of halogens is 1. The molecule has 2 rings (SSSR count). The molecule has 0 fully saturated rings. The Labute approximate surface area is 119 Å². The largest absolute Gasteiger partial charge is 0.316 e. The molecule has 0 aliphatic carbocycles. The van der Waals surface area contributed by atoms with Crippen molar-refractivity contribution in [2.45, 2.75) is 17.2 Å². The normalized spacial score (nSPS) is 10.7. The highest BCUT2D eigenvalue weighted by Crippen LogP contribution is 2.28. The Morgan fingerprint density at radius 1 is 1.29 bits per heavy atom. The molecule has 4 heteroatoms. The molecule has 0 unspecified atom stereocenters. The summed E-state index contributed by atoms with van der Waals surface area (Å²) >= 11 is 7.16. The second kappa shape index (κ2) is 6.59. The van der Waals surface area contributed by atoms with Crippen LogP contribution in [0.25, 0.3) is 0 Å². The predicted octanol–water partition coefficient (Wildman–Crippen LogP) is 4.52. The lowest BCUT2D eigenvalue weighted by Gasteiger charge is -2.02. The highest BCUT2D eigenvalue weighted by molar-refractivity contribution is 9.10. The van der Waals surface area contributed by atoms with Crippen molar-refractivity contribution in [1.82, 2.24) is 5.32 Å². The van der Waals surface area contributed by atoms with Crippen LogP contribution in [0, 0.1) is 0 Å². The molecule has 1 heterocycles. The van der Waals surface area contributed by atoms with E-state index in [2.05, 4.69) is 57.0 Å². The summed E-state index contributed by atoms with van der Waals surface area (Å²) < 4.78 is 1.18. The molecule has 0 atom stereocenters. The standard InChI is InChI=1S/C13H14BrNS2/c1-15-7-10-2-4-12(5-3-10)17-9-13-6-11(14)8-16-13/h2-6,8,15H,7,9H2,1H3. The van der Waals surface area contributed by atoms with Gasteiger partial charge in [-0.3, -0.25) is 0 Å².